The second kappa shape index (κ2) is 7.95. The van der Waals surface area contributed by atoms with E-state index < -0.39 is 0 Å². The molecule has 0 unspecified atom stereocenters. The zero-order valence-electron chi connectivity index (χ0n) is 14.0. The fraction of sp³-hybridized carbons (Fsp3) is 0.500. The monoisotopic (exact) mass is 329 g/mol. The summed E-state index contributed by atoms with van der Waals surface area (Å²) >= 11 is 0. The molecule has 0 saturated heterocycles. The number of rotatable bonds is 6. The summed E-state index contributed by atoms with van der Waals surface area (Å²) in [5.41, 5.74) is 0.906. The molecule has 24 heavy (non-hydrogen) atoms. The standard InChI is InChI=1S/C18H23N3O3/c1-2-23-15-10-8-13(9-11-15)12-16(22)19-18-21-20-17(24-18)14-6-4-3-5-7-14/h8-11,14H,2-7,12H2,1H3,(H,19,21,22). The van der Waals surface area contributed by atoms with Crippen molar-refractivity contribution in [2.45, 2.75) is 51.4 Å². The maximum atomic E-state index is 12.1. The summed E-state index contributed by atoms with van der Waals surface area (Å²) < 4.78 is 11.0. The van der Waals surface area contributed by atoms with Crippen molar-refractivity contribution in [2.24, 2.45) is 0 Å². The largest absolute Gasteiger partial charge is 0.494 e. The van der Waals surface area contributed by atoms with Gasteiger partial charge in [0.2, 0.25) is 11.8 Å². The number of anilines is 1. The van der Waals surface area contributed by atoms with E-state index in [1.165, 1.54) is 19.3 Å². The molecule has 1 saturated carbocycles. The van der Waals surface area contributed by atoms with Crippen LogP contribution in [-0.2, 0) is 11.2 Å². The maximum absolute atomic E-state index is 12.1. The minimum Gasteiger partial charge on any atom is -0.494 e. The molecular formula is C18H23N3O3. The molecule has 1 aliphatic rings. The van der Waals surface area contributed by atoms with E-state index in [1.807, 2.05) is 31.2 Å². The Kier molecular flexibility index (Phi) is 5.46. The van der Waals surface area contributed by atoms with Crippen LogP contribution in [-0.4, -0.2) is 22.7 Å². The fourth-order valence-corrected chi connectivity index (χ4v) is 3.02. The van der Waals surface area contributed by atoms with E-state index in [-0.39, 0.29) is 18.3 Å². The fourth-order valence-electron chi connectivity index (χ4n) is 3.02. The van der Waals surface area contributed by atoms with Crippen LogP contribution in [0.3, 0.4) is 0 Å². The van der Waals surface area contributed by atoms with Crippen molar-refractivity contribution in [1.29, 1.82) is 0 Å². The lowest BCUT2D eigenvalue weighted by atomic mass is 9.89. The Morgan fingerprint density at radius 1 is 1.21 bits per heavy atom. The highest BCUT2D eigenvalue weighted by atomic mass is 16.5. The Bertz CT molecular complexity index is 660. The number of aromatic nitrogens is 2. The van der Waals surface area contributed by atoms with Gasteiger partial charge < -0.3 is 9.15 Å². The smallest absolute Gasteiger partial charge is 0.322 e. The quantitative estimate of drug-likeness (QED) is 0.874. The lowest BCUT2D eigenvalue weighted by Gasteiger charge is -2.17. The summed E-state index contributed by atoms with van der Waals surface area (Å²) in [5, 5.41) is 10.7. The molecule has 6 heteroatoms. The molecule has 1 aromatic heterocycles. The van der Waals surface area contributed by atoms with Crippen LogP contribution in [0.5, 0.6) is 5.75 Å². The van der Waals surface area contributed by atoms with E-state index >= 15 is 0 Å². The zero-order valence-corrected chi connectivity index (χ0v) is 14.0. The van der Waals surface area contributed by atoms with Crippen LogP contribution < -0.4 is 10.1 Å². The number of nitrogens with zero attached hydrogens (tertiary/aromatic N) is 2. The summed E-state index contributed by atoms with van der Waals surface area (Å²) in [6.07, 6.45) is 6.10. The molecule has 1 fully saturated rings. The zero-order chi connectivity index (χ0) is 16.8. The number of carbonyl (C=O) groups excluding carboxylic acids is 1. The van der Waals surface area contributed by atoms with Crippen molar-refractivity contribution >= 4 is 11.9 Å². The van der Waals surface area contributed by atoms with Crippen molar-refractivity contribution in [2.75, 3.05) is 11.9 Å². The second-order valence-corrected chi connectivity index (χ2v) is 6.08. The van der Waals surface area contributed by atoms with E-state index in [9.17, 15) is 4.79 Å². The maximum Gasteiger partial charge on any atom is 0.322 e. The summed E-state index contributed by atoms with van der Waals surface area (Å²) in [4.78, 5) is 12.1. The summed E-state index contributed by atoms with van der Waals surface area (Å²) in [6, 6.07) is 7.67. The predicted octanol–water partition coefficient (Wildman–Crippen LogP) is 3.70. The van der Waals surface area contributed by atoms with Crippen molar-refractivity contribution in [1.82, 2.24) is 10.2 Å². The first kappa shape index (κ1) is 16.5. The van der Waals surface area contributed by atoms with E-state index in [4.69, 9.17) is 9.15 Å². The molecule has 6 nitrogen and oxygen atoms in total. The number of hydrogen-bond donors (Lipinski definition) is 1. The molecule has 3 rings (SSSR count). The molecule has 2 aromatic rings. The number of carbonyl (C=O) groups is 1. The number of ether oxygens (including phenoxy) is 1. The first-order chi connectivity index (χ1) is 11.7. The highest BCUT2D eigenvalue weighted by molar-refractivity contribution is 5.90. The van der Waals surface area contributed by atoms with Gasteiger partial charge in [0, 0.05) is 5.92 Å². The van der Waals surface area contributed by atoms with E-state index in [2.05, 4.69) is 15.5 Å². The van der Waals surface area contributed by atoms with Crippen molar-refractivity contribution in [3.8, 4) is 5.75 Å². The molecule has 0 atom stereocenters. The third-order valence-electron chi connectivity index (χ3n) is 4.24. The molecule has 1 heterocycles. The van der Waals surface area contributed by atoms with Gasteiger partial charge in [-0.25, -0.2) is 0 Å². The Morgan fingerprint density at radius 2 is 1.96 bits per heavy atom. The number of benzene rings is 1. The minimum absolute atomic E-state index is 0.169. The Morgan fingerprint density at radius 3 is 2.67 bits per heavy atom. The van der Waals surface area contributed by atoms with Crippen LogP contribution in [0.4, 0.5) is 6.01 Å². The first-order valence-corrected chi connectivity index (χ1v) is 8.59. The van der Waals surface area contributed by atoms with E-state index in [1.54, 1.807) is 0 Å². The van der Waals surface area contributed by atoms with Crippen molar-refractivity contribution in [3.63, 3.8) is 0 Å². The minimum atomic E-state index is -0.169. The molecule has 0 spiro atoms. The molecule has 1 amide bonds. The lowest BCUT2D eigenvalue weighted by molar-refractivity contribution is -0.115. The van der Waals surface area contributed by atoms with Gasteiger partial charge in [0.1, 0.15) is 5.75 Å². The van der Waals surface area contributed by atoms with Crippen LogP contribution in [0.2, 0.25) is 0 Å². The van der Waals surface area contributed by atoms with Crippen molar-refractivity contribution < 1.29 is 13.9 Å². The molecule has 0 bridgehead atoms. The van der Waals surface area contributed by atoms with Crippen LogP contribution in [0.25, 0.3) is 0 Å². The molecule has 0 radical (unpaired) electrons. The van der Waals surface area contributed by atoms with Crippen molar-refractivity contribution in [3.05, 3.63) is 35.7 Å². The number of hydrogen-bond acceptors (Lipinski definition) is 5. The molecule has 1 N–H and O–H groups in total. The molecule has 0 aliphatic heterocycles. The van der Waals surface area contributed by atoms with E-state index in [0.29, 0.717) is 18.4 Å². The Hall–Kier alpha value is -2.37. The molecule has 1 aliphatic carbocycles. The number of amides is 1. The van der Waals surface area contributed by atoms with Crippen LogP contribution in [0, 0.1) is 0 Å². The normalized spacial score (nSPS) is 15.2. The van der Waals surface area contributed by atoms with Crippen LogP contribution in [0.15, 0.2) is 28.7 Å². The third-order valence-corrected chi connectivity index (χ3v) is 4.24. The average Bonchev–Trinajstić information content (AvgIpc) is 3.06. The SMILES string of the molecule is CCOc1ccc(CC(=O)Nc2nnc(C3CCCCC3)o2)cc1. The van der Waals surface area contributed by atoms with Gasteiger partial charge in [0.05, 0.1) is 13.0 Å². The second-order valence-electron chi connectivity index (χ2n) is 6.08. The highest BCUT2D eigenvalue weighted by Crippen LogP contribution is 2.32. The van der Waals surface area contributed by atoms with Gasteiger partial charge in [-0.1, -0.05) is 36.5 Å². The summed E-state index contributed by atoms with van der Waals surface area (Å²) in [5.74, 6) is 1.61. The van der Waals surface area contributed by atoms with Gasteiger partial charge in [-0.3, -0.25) is 10.1 Å². The lowest BCUT2D eigenvalue weighted by Crippen LogP contribution is -2.14. The van der Waals surface area contributed by atoms with Gasteiger partial charge >= 0.3 is 6.01 Å². The van der Waals surface area contributed by atoms with Gasteiger partial charge in [-0.2, -0.15) is 0 Å². The molecule has 128 valence electrons. The van der Waals surface area contributed by atoms with Gasteiger partial charge in [-0.15, -0.1) is 5.10 Å². The van der Waals surface area contributed by atoms with Crippen LogP contribution >= 0.6 is 0 Å². The summed E-state index contributed by atoms with van der Waals surface area (Å²) in [7, 11) is 0. The van der Waals surface area contributed by atoms with Gasteiger partial charge in [-0.05, 0) is 37.5 Å². The Balaban J connectivity index is 1.53. The highest BCUT2D eigenvalue weighted by Gasteiger charge is 2.21. The average molecular weight is 329 g/mol. The third kappa shape index (κ3) is 4.34. The molecular weight excluding hydrogens is 306 g/mol. The summed E-state index contributed by atoms with van der Waals surface area (Å²) in [6.45, 7) is 2.56. The Labute approximate surface area is 141 Å². The first-order valence-electron chi connectivity index (χ1n) is 8.59. The van der Waals surface area contributed by atoms with Gasteiger partial charge in [0.25, 0.3) is 0 Å². The van der Waals surface area contributed by atoms with Crippen LogP contribution in [0.1, 0.15) is 56.4 Å². The van der Waals surface area contributed by atoms with Gasteiger partial charge in [0.15, 0.2) is 0 Å². The molecule has 1 aromatic carbocycles. The predicted molar refractivity (Wildman–Crippen MR) is 90.1 cm³/mol. The number of nitrogens with one attached hydrogen (secondary N) is 1. The van der Waals surface area contributed by atoms with E-state index in [0.717, 1.165) is 24.2 Å². The topological polar surface area (TPSA) is 77.2 Å².